The van der Waals surface area contributed by atoms with Crippen LogP contribution < -0.4 is 4.74 Å². The summed E-state index contributed by atoms with van der Waals surface area (Å²) in [5.74, 6) is -1.09. The molecule has 22 heavy (non-hydrogen) atoms. The minimum Gasteiger partial charge on any atom is -0.504 e. The zero-order chi connectivity index (χ0) is 15.9. The van der Waals surface area contributed by atoms with E-state index in [4.69, 9.17) is 0 Å². The molecule has 2 N–H and O–H groups in total. The second kappa shape index (κ2) is 5.20. The van der Waals surface area contributed by atoms with Crippen molar-refractivity contribution in [1.82, 2.24) is 9.97 Å². The fourth-order valence-electron chi connectivity index (χ4n) is 2.04. The van der Waals surface area contributed by atoms with E-state index in [1.807, 2.05) is 0 Å². The topological polar surface area (TPSA) is 58.1 Å². The Balaban J connectivity index is 2.14. The van der Waals surface area contributed by atoms with Crippen LogP contribution in [0.1, 0.15) is 0 Å². The molecule has 1 heterocycles. The van der Waals surface area contributed by atoms with Gasteiger partial charge in [0.15, 0.2) is 11.5 Å². The van der Waals surface area contributed by atoms with Crippen LogP contribution in [0.25, 0.3) is 22.4 Å². The Morgan fingerprint density at radius 2 is 1.91 bits per heavy atom. The highest BCUT2D eigenvalue weighted by Crippen LogP contribution is 2.41. The van der Waals surface area contributed by atoms with Gasteiger partial charge in [-0.3, -0.25) is 0 Å². The number of aromatic amines is 1. The minimum absolute atomic E-state index is 0.102. The van der Waals surface area contributed by atoms with Crippen LogP contribution in [0, 0.1) is 0 Å². The molecule has 0 aliphatic heterocycles. The molecule has 4 nitrogen and oxygen atoms in total. The Morgan fingerprint density at radius 1 is 1.18 bits per heavy atom. The summed E-state index contributed by atoms with van der Waals surface area (Å²) in [7, 11) is 0. The molecule has 0 bridgehead atoms. The van der Waals surface area contributed by atoms with E-state index in [0.29, 0.717) is 15.5 Å². The van der Waals surface area contributed by atoms with Crippen LogP contribution >= 0.6 is 15.9 Å². The molecule has 0 spiro atoms. The van der Waals surface area contributed by atoms with E-state index in [0.717, 1.165) is 6.07 Å². The average molecular weight is 373 g/mol. The van der Waals surface area contributed by atoms with Gasteiger partial charge in [-0.05, 0) is 24.3 Å². The third-order valence-corrected chi connectivity index (χ3v) is 3.37. The molecule has 0 aliphatic carbocycles. The van der Waals surface area contributed by atoms with Crippen LogP contribution in [-0.4, -0.2) is 21.4 Å². The first kappa shape index (κ1) is 14.7. The Kier molecular flexibility index (Phi) is 3.48. The van der Waals surface area contributed by atoms with Crippen molar-refractivity contribution in [3.8, 4) is 22.9 Å². The van der Waals surface area contributed by atoms with Gasteiger partial charge in [-0.2, -0.15) is 0 Å². The largest absolute Gasteiger partial charge is 0.573 e. The number of alkyl halides is 3. The highest BCUT2D eigenvalue weighted by atomic mass is 79.9. The minimum atomic E-state index is -4.90. The van der Waals surface area contributed by atoms with Gasteiger partial charge in [0, 0.05) is 4.47 Å². The van der Waals surface area contributed by atoms with E-state index in [1.54, 1.807) is 24.3 Å². The van der Waals surface area contributed by atoms with E-state index in [9.17, 15) is 18.3 Å². The molecule has 0 saturated carbocycles. The maximum Gasteiger partial charge on any atom is 0.573 e. The normalized spacial score (nSPS) is 11.8. The first-order valence-corrected chi connectivity index (χ1v) is 6.86. The summed E-state index contributed by atoms with van der Waals surface area (Å²) in [5, 5.41) is 10.0. The molecule has 3 aromatic rings. The number of aromatic hydroxyl groups is 1. The molecule has 0 amide bonds. The number of ether oxygens (including phenoxy) is 1. The van der Waals surface area contributed by atoms with Gasteiger partial charge in [0.2, 0.25) is 0 Å². The predicted molar refractivity (Wildman–Crippen MR) is 77.6 cm³/mol. The quantitative estimate of drug-likeness (QED) is 0.691. The number of fused-ring (bicyclic) bond motifs is 1. The van der Waals surface area contributed by atoms with Crippen LogP contribution in [0.15, 0.2) is 40.9 Å². The van der Waals surface area contributed by atoms with Gasteiger partial charge in [0.25, 0.3) is 0 Å². The van der Waals surface area contributed by atoms with Crippen LogP contribution in [0.2, 0.25) is 0 Å². The van der Waals surface area contributed by atoms with Crippen molar-refractivity contribution >= 4 is 27.0 Å². The van der Waals surface area contributed by atoms with E-state index >= 15 is 0 Å². The van der Waals surface area contributed by atoms with Gasteiger partial charge >= 0.3 is 6.36 Å². The predicted octanol–water partition coefficient (Wildman–Crippen LogP) is 4.60. The van der Waals surface area contributed by atoms with Gasteiger partial charge in [-0.15, -0.1) is 13.2 Å². The van der Waals surface area contributed by atoms with Crippen LogP contribution in [-0.2, 0) is 0 Å². The van der Waals surface area contributed by atoms with Crippen molar-refractivity contribution in [2.45, 2.75) is 6.36 Å². The molecule has 0 atom stereocenters. The van der Waals surface area contributed by atoms with Crippen molar-refractivity contribution in [2.75, 3.05) is 0 Å². The monoisotopic (exact) mass is 372 g/mol. The molecule has 114 valence electrons. The van der Waals surface area contributed by atoms with Crippen LogP contribution in [0.5, 0.6) is 11.5 Å². The van der Waals surface area contributed by atoms with Gasteiger partial charge in [-0.25, -0.2) is 4.98 Å². The molecule has 0 aliphatic rings. The Hall–Kier alpha value is -2.22. The maximum absolute atomic E-state index is 12.4. The third kappa shape index (κ3) is 2.87. The molecule has 1 aromatic heterocycles. The van der Waals surface area contributed by atoms with Crippen LogP contribution in [0.4, 0.5) is 13.2 Å². The number of H-pyrrole nitrogens is 1. The summed E-state index contributed by atoms with van der Waals surface area (Å²) in [6.45, 7) is 0. The van der Waals surface area contributed by atoms with Crippen molar-refractivity contribution in [2.24, 2.45) is 0 Å². The number of phenolic OH excluding ortho intramolecular Hbond substituents is 1. The third-order valence-electron chi connectivity index (χ3n) is 2.91. The van der Waals surface area contributed by atoms with Crippen molar-refractivity contribution < 1.29 is 23.0 Å². The van der Waals surface area contributed by atoms with E-state index in [2.05, 4.69) is 30.6 Å². The summed E-state index contributed by atoms with van der Waals surface area (Å²) in [5.41, 5.74) is 1.44. The number of benzene rings is 2. The number of para-hydroxylation sites is 2. The van der Waals surface area contributed by atoms with Crippen molar-refractivity contribution in [3.63, 3.8) is 0 Å². The second-order valence-electron chi connectivity index (χ2n) is 4.45. The lowest BCUT2D eigenvalue weighted by molar-refractivity contribution is -0.275. The number of rotatable bonds is 2. The van der Waals surface area contributed by atoms with Gasteiger partial charge < -0.3 is 14.8 Å². The van der Waals surface area contributed by atoms with Gasteiger partial charge in [0.05, 0.1) is 16.6 Å². The van der Waals surface area contributed by atoms with E-state index < -0.39 is 17.9 Å². The molecule has 0 fully saturated rings. The van der Waals surface area contributed by atoms with Crippen LogP contribution in [0.3, 0.4) is 0 Å². The lowest BCUT2D eigenvalue weighted by Crippen LogP contribution is -2.17. The zero-order valence-corrected chi connectivity index (χ0v) is 12.4. The van der Waals surface area contributed by atoms with Gasteiger partial charge in [-0.1, -0.05) is 28.1 Å². The number of aromatic nitrogens is 2. The molecular weight excluding hydrogens is 365 g/mol. The molecule has 8 heteroatoms. The molecule has 3 rings (SSSR count). The molecule has 0 saturated heterocycles. The summed E-state index contributed by atoms with van der Waals surface area (Å²) in [6, 6.07) is 9.59. The Morgan fingerprint density at radius 3 is 2.59 bits per heavy atom. The van der Waals surface area contributed by atoms with Crippen molar-refractivity contribution in [1.29, 1.82) is 0 Å². The number of phenols is 1. The van der Waals surface area contributed by atoms with E-state index in [1.165, 1.54) is 6.07 Å². The number of nitrogens with one attached hydrogen (secondary N) is 1. The first-order chi connectivity index (χ1) is 10.3. The Labute approximate surface area is 130 Å². The summed E-state index contributed by atoms with van der Waals surface area (Å²) in [4.78, 5) is 7.19. The number of halogens is 4. The second-order valence-corrected chi connectivity index (χ2v) is 5.37. The molecule has 0 radical (unpaired) electrons. The zero-order valence-electron chi connectivity index (χ0n) is 10.8. The number of hydrogen-bond donors (Lipinski definition) is 2. The average Bonchev–Trinajstić information content (AvgIpc) is 2.84. The van der Waals surface area contributed by atoms with Crippen molar-refractivity contribution in [3.05, 3.63) is 40.9 Å². The fraction of sp³-hybridized carbons (Fsp3) is 0.0714. The highest BCUT2D eigenvalue weighted by molar-refractivity contribution is 9.10. The summed E-state index contributed by atoms with van der Waals surface area (Å²) < 4.78 is 41.3. The van der Waals surface area contributed by atoms with E-state index in [-0.39, 0.29) is 11.4 Å². The lowest BCUT2D eigenvalue weighted by Gasteiger charge is -2.12. The molecule has 2 aromatic carbocycles. The Bertz CT molecular complexity index is 813. The first-order valence-electron chi connectivity index (χ1n) is 6.07. The summed E-state index contributed by atoms with van der Waals surface area (Å²) >= 11 is 3.10. The smallest absolute Gasteiger partial charge is 0.504 e. The standard InChI is InChI=1S/C14H8BrF3N2O2/c15-7-5-8(12(21)11(6-7)22-14(16,17)18)13-19-9-3-1-2-4-10(9)20-13/h1-6,21H,(H,19,20). The fourth-order valence-corrected chi connectivity index (χ4v) is 2.47. The number of hydrogen-bond acceptors (Lipinski definition) is 3. The number of nitrogens with zero attached hydrogens (tertiary/aromatic N) is 1. The molecule has 0 unspecified atom stereocenters. The summed E-state index contributed by atoms with van der Waals surface area (Å²) in [6.07, 6.45) is -4.90. The maximum atomic E-state index is 12.4. The van der Waals surface area contributed by atoms with Gasteiger partial charge in [0.1, 0.15) is 5.82 Å². The highest BCUT2D eigenvalue weighted by Gasteiger charge is 2.33. The number of imidazole rings is 1. The molecular formula is C14H8BrF3N2O2. The lowest BCUT2D eigenvalue weighted by atomic mass is 10.2. The SMILES string of the molecule is Oc1c(OC(F)(F)F)cc(Br)cc1-c1nc2ccccc2[nH]1.